The average Bonchev–Trinajstić information content (AvgIpc) is 2.33. The van der Waals surface area contributed by atoms with E-state index in [0.29, 0.717) is 12.8 Å². The summed E-state index contributed by atoms with van der Waals surface area (Å²) in [5.41, 5.74) is 0. The van der Waals surface area contributed by atoms with Gasteiger partial charge in [0.1, 0.15) is 12.1 Å². The van der Waals surface area contributed by atoms with Gasteiger partial charge in [-0.25, -0.2) is 0 Å². The van der Waals surface area contributed by atoms with Crippen molar-refractivity contribution in [1.82, 2.24) is 10.6 Å². The van der Waals surface area contributed by atoms with E-state index in [4.69, 9.17) is 10.2 Å². The van der Waals surface area contributed by atoms with Gasteiger partial charge in [0, 0.05) is 12.8 Å². The Bertz CT molecular complexity index is 382. The minimum atomic E-state index is -1.16. The zero-order valence-electron chi connectivity index (χ0n) is 11.5. The summed E-state index contributed by atoms with van der Waals surface area (Å²) < 4.78 is 0. The maximum absolute atomic E-state index is 11.5. The molecule has 0 aromatic heterocycles. The molecule has 8 heteroatoms. The van der Waals surface area contributed by atoms with Gasteiger partial charge in [-0.05, 0) is 26.7 Å². The van der Waals surface area contributed by atoms with E-state index < -0.39 is 29.9 Å². The summed E-state index contributed by atoms with van der Waals surface area (Å²) in [5.74, 6) is -3.04. The molecule has 0 spiro atoms. The van der Waals surface area contributed by atoms with Gasteiger partial charge < -0.3 is 20.8 Å². The number of nitrogens with one attached hydrogen (secondary N) is 2. The van der Waals surface area contributed by atoms with Crippen LogP contribution in [0, 0.1) is 0 Å². The van der Waals surface area contributed by atoms with Crippen LogP contribution in [-0.4, -0.2) is 46.0 Å². The number of aliphatic carboxylic acids is 2. The SMILES string of the molecule is C[C@H](NC(=O)[C@H](C)NC(=O)CCCCC(=O)O)C(=O)O. The standard InChI is InChI=1S/C12H20N2O6/c1-7(11(18)14-8(2)12(19)20)13-9(15)5-3-4-6-10(16)17/h7-8H,3-6H2,1-2H3,(H,13,15)(H,14,18)(H,16,17)(H,19,20)/t7-,8-/m0/s1. The second-order valence-electron chi connectivity index (χ2n) is 4.46. The van der Waals surface area contributed by atoms with Gasteiger partial charge in [0.2, 0.25) is 11.8 Å². The quantitative estimate of drug-likeness (QED) is 0.431. The number of carbonyl (C=O) groups is 4. The fourth-order valence-corrected chi connectivity index (χ4v) is 1.34. The molecule has 114 valence electrons. The highest BCUT2D eigenvalue weighted by molar-refractivity contribution is 5.89. The van der Waals surface area contributed by atoms with Gasteiger partial charge >= 0.3 is 11.9 Å². The van der Waals surface area contributed by atoms with E-state index >= 15 is 0 Å². The van der Waals surface area contributed by atoms with Crippen molar-refractivity contribution in [1.29, 1.82) is 0 Å². The minimum Gasteiger partial charge on any atom is -0.481 e. The van der Waals surface area contributed by atoms with Gasteiger partial charge in [0.25, 0.3) is 0 Å². The second kappa shape index (κ2) is 8.89. The number of unbranched alkanes of at least 4 members (excludes halogenated alkanes) is 1. The molecule has 0 aliphatic carbocycles. The van der Waals surface area contributed by atoms with Crippen LogP contribution in [0.2, 0.25) is 0 Å². The summed E-state index contributed by atoms with van der Waals surface area (Å²) >= 11 is 0. The van der Waals surface area contributed by atoms with Gasteiger partial charge in [-0.3, -0.25) is 19.2 Å². The highest BCUT2D eigenvalue weighted by Crippen LogP contribution is 2.00. The Balaban J connectivity index is 3.97. The van der Waals surface area contributed by atoms with E-state index in [9.17, 15) is 19.2 Å². The Morgan fingerprint density at radius 1 is 0.900 bits per heavy atom. The average molecular weight is 288 g/mol. The molecule has 2 amide bonds. The van der Waals surface area contributed by atoms with Crippen LogP contribution in [0.15, 0.2) is 0 Å². The predicted octanol–water partition coefficient (Wildman–Crippen LogP) is -0.275. The smallest absolute Gasteiger partial charge is 0.325 e. The molecule has 0 bridgehead atoms. The maximum atomic E-state index is 11.5. The zero-order valence-corrected chi connectivity index (χ0v) is 11.5. The summed E-state index contributed by atoms with van der Waals surface area (Å²) in [7, 11) is 0. The van der Waals surface area contributed by atoms with Crippen LogP contribution in [0.25, 0.3) is 0 Å². The van der Waals surface area contributed by atoms with Crippen LogP contribution in [0.3, 0.4) is 0 Å². The van der Waals surface area contributed by atoms with E-state index in [1.165, 1.54) is 13.8 Å². The first kappa shape index (κ1) is 17.9. The number of carboxylic acids is 2. The molecule has 0 radical (unpaired) electrons. The van der Waals surface area contributed by atoms with Gasteiger partial charge in [-0.2, -0.15) is 0 Å². The van der Waals surface area contributed by atoms with Gasteiger partial charge in [0.05, 0.1) is 0 Å². The lowest BCUT2D eigenvalue weighted by Crippen LogP contribution is -2.49. The number of hydrogen-bond donors (Lipinski definition) is 4. The van der Waals surface area contributed by atoms with E-state index in [1.807, 2.05) is 0 Å². The lowest BCUT2D eigenvalue weighted by Gasteiger charge is -2.16. The topological polar surface area (TPSA) is 133 Å². The fraction of sp³-hybridized carbons (Fsp3) is 0.667. The third-order valence-electron chi connectivity index (χ3n) is 2.54. The molecule has 0 unspecified atom stereocenters. The molecule has 0 aromatic rings. The van der Waals surface area contributed by atoms with Crippen molar-refractivity contribution >= 4 is 23.8 Å². The van der Waals surface area contributed by atoms with E-state index in [1.54, 1.807) is 0 Å². The number of hydrogen-bond acceptors (Lipinski definition) is 4. The molecular weight excluding hydrogens is 268 g/mol. The van der Waals surface area contributed by atoms with Crippen LogP contribution >= 0.6 is 0 Å². The molecule has 20 heavy (non-hydrogen) atoms. The molecule has 0 fully saturated rings. The molecule has 0 aliphatic rings. The lowest BCUT2D eigenvalue weighted by molar-refractivity contribution is -0.141. The summed E-state index contributed by atoms with van der Waals surface area (Å²) in [5, 5.41) is 21.7. The van der Waals surface area contributed by atoms with Crippen molar-refractivity contribution in [3.8, 4) is 0 Å². The summed E-state index contributed by atoms with van der Waals surface area (Å²) in [6.07, 6.45) is 0.927. The van der Waals surface area contributed by atoms with Gasteiger partial charge in [0.15, 0.2) is 0 Å². The van der Waals surface area contributed by atoms with E-state index in [-0.39, 0.29) is 18.7 Å². The zero-order chi connectivity index (χ0) is 15.7. The third-order valence-corrected chi connectivity index (χ3v) is 2.54. The fourth-order valence-electron chi connectivity index (χ4n) is 1.34. The summed E-state index contributed by atoms with van der Waals surface area (Å²) in [6.45, 7) is 2.76. The second-order valence-corrected chi connectivity index (χ2v) is 4.46. The van der Waals surface area contributed by atoms with Crippen LogP contribution in [0.5, 0.6) is 0 Å². The molecule has 0 saturated carbocycles. The number of carboxylic acid groups (broad SMARTS) is 2. The molecule has 0 aliphatic heterocycles. The van der Waals surface area contributed by atoms with Crippen LogP contribution in [0.4, 0.5) is 0 Å². The summed E-state index contributed by atoms with van der Waals surface area (Å²) in [4.78, 5) is 43.8. The molecule has 0 aromatic carbocycles. The molecule has 4 N–H and O–H groups in total. The molecule has 2 atom stereocenters. The first-order valence-corrected chi connectivity index (χ1v) is 6.28. The Kier molecular flexibility index (Phi) is 7.95. The van der Waals surface area contributed by atoms with Crippen molar-refractivity contribution in [2.75, 3.05) is 0 Å². The largest absolute Gasteiger partial charge is 0.481 e. The van der Waals surface area contributed by atoms with Crippen molar-refractivity contribution in [3.05, 3.63) is 0 Å². The Morgan fingerprint density at radius 2 is 1.45 bits per heavy atom. The maximum Gasteiger partial charge on any atom is 0.325 e. The van der Waals surface area contributed by atoms with E-state index in [0.717, 1.165) is 0 Å². The molecule has 0 saturated heterocycles. The number of carbonyl (C=O) groups excluding carboxylic acids is 2. The molecule has 0 heterocycles. The molecule has 0 rings (SSSR count). The van der Waals surface area contributed by atoms with E-state index in [2.05, 4.69) is 10.6 Å². The Hall–Kier alpha value is -2.12. The first-order chi connectivity index (χ1) is 9.23. The molecule has 8 nitrogen and oxygen atoms in total. The third kappa shape index (κ3) is 8.06. The minimum absolute atomic E-state index is 0.000550. The van der Waals surface area contributed by atoms with Gasteiger partial charge in [-0.15, -0.1) is 0 Å². The van der Waals surface area contributed by atoms with Gasteiger partial charge in [-0.1, -0.05) is 0 Å². The van der Waals surface area contributed by atoms with Crippen LogP contribution in [0.1, 0.15) is 39.5 Å². The van der Waals surface area contributed by atoms with Crippen LogP contribution < -0.4 is 10.6 Å². The first-order valence-electron chi connectivity index (χ1n) is 6.28. The molecular formula is C12H20N2O6. The van der Waals surface area contributed by atoms with Crippen molar-refractivity contribution < 1.29 is 29.4 Å². The highest BCUT2D eigenvalue weighted by Gasteiger charge is 2.20. The monoisotopic (exact) mass is 288 g/mol. The Labute approximate surface area is 116 Å². The van der Waals surface area contributed by atoms with Crippen molar-refractivity contribution in [3.63, 3.8) is 0 Å². The predicted molar refractivity (Wildman–Crippen MR) is 68.9 cm³/mol. The number of rotatable bonds is 9. The number of amides is 2. The Morgan fingerprint density at radius 3 is 1.95 bits per heavy atom. The van der Waals surface area contributed by atoms with Crippen molar-refractivity contribution in [2.45, 2.75) is 51.6 Å². The van der Waals surface area contributed by atoms with Crippen molar-refractivity contribution in [2.24, 2.45) is 0 Å². The summed E-state index contributed by atoms with van der Waals surface area (Å²) in [6, 6.07) is -1.87. The van der Waals surface area contributed by atoms with Crippen LogP contribution in [-0.2, 0) is 19.2 Å². The highest BCUT2D eigenvalue weighted by atomic mass is 16.4. The lowest BCUT2D eigenvalue weighted by atomic mass is 10.2. The normalized spacial score (nSPS) is 13.1.